The Morgan fingerprint density at radius 3 is 3.00 bits per heavy atom. The molecule has 19 heavy (non-hydrogen) atoms. The van der Waals surface area contributed by atoms with E-state index in [4.69, 9.17) is 21.1 Å². The van der Waals surface area contributed by atoms with Crippen molar-refractivity contribution < 1.29 is 14.3 Å². The number of rotatable bonds is 5. The number of hydrogen-bond donors (Lipinski definition) is 0. The summed E-state index contributed by atoms with van der Waals surface area (Å²) in [5.74, 6) is 0.658. The van der Waals surface area contributed by atoms with Crippen molar-refractivity contribution in [2.45, 2.75) is 38.2 Å². The van der Waals surface area contributed by atoms with Gasteiger partial charge in [-0.05, 0) is 43.9 Å². The van der Waals surface area contributed by atoms with Crippen LogP contribution in [-0.4, -0.2) is 25.6 Å². The Kier molecular flexibility index (Phi) is 5.23. The van der Waals surface area contributed by atoms with Crippen molar-refractivity contribution in [3.8, 4) is 5.75 Å². The minimum atomic E-state index is 0.115. The summed E-state index contributed by atoms with van der Waals surface area (Å²) < 4.78 is 10.8. The zero-order valence-corrected chi connectivity index (χ0v) is 11.9. The molecule has 0 N–H and O–H groups in total. The van der Waals surface area contributed by atoms with Crippen LogP contribution >= 0.6 is 11.6 Å². The fraction of sp³-hybridized carbons (Fsp3) is 0.533. The SMILES string of the molecule is COc1cc(C(=O)CCC2CCCCO2)ccc1Cl. The molecule has 0 aliphatic carbocycles. The Morgan fingerprint density at radius 1 is 1.47 bits per heavy atom. The molecule has 2 rings (SSSR count). The van der Waals surface area contributed by atoms with Gasteiger partial charge in [-0.1, -0.05) is 11.6 Å². The standard InChI is InChI=1S/C15H19ClO3/c1-18-15-10-11(5-7-13(15)16)14(17)8-6-12-4-2-3-9-19-12/h5,7,10,12H,2-4,6,8-9H2,1H3. The minimum absolute atomic E-state index is 0.115. The van der Waals surface area contributed by atoms with Gasteiger partial charge < -0.3 is 9.47 Å². The van der Waals surface area contributed by atoms with Gasteiger partial charge in [0.25, 0.3) is 0 Å². The van der Waals surface area contributed by atoms with Crippen molar-refractivity contribution in [3.05, 3.63) is 28.8 Å². The fourth-order valence-corrected chi connectivity index (χ4v) is 2.50. The van der Waals surface area contributed by atoms with Crippen molar-refractivity contribution in [2.24, 2.45) is 0 Å². The molecule has 1 heterocycles. The number of benzene rings is 1. The van der Waals surface area contributed by atoms with E-state index >= 15 is 0 Å². The van der Waals surface area contributed by atoms with Crippen LogP contribution in [0.4, 0.5) is 0 Å². The molecule has 0 bridgehead atoms. The second-order valence-corrected chi connectivity index (χ2v) is 5.21. The molecule has 0 amide bonds. The summed E-state index contributed by atoms with van der Waals surface area (Å²) in [4.78, 5) is 12.1. The largest absolute Gasteiger partial charge is 0.495 e. The van der Waals surface area contributed by atoms with E-state index in [-0.39, 0.29) is 11.9 Å². The molecule has 1 saturated heterocycles. The van der Waals surface area contributed by atoms with Crippen molar-refractivity contribution in [1.82, 2.24) is 0 Å². The zero-order valence-electron chi connectivity index (χ0n) is 11.2. The van der Waals surface area contributed by atoms with Crippen LogP contribution in [0, 0.1) is 0 Å². The van der Waals surface area contributed by atoms with E-state index in [1.54, 1.807) is 25.3 Å². The second kappa shape index (κ2) is 6.92. The number of Topliss-reactive ketones (excluding diaryl/α,β-unsaturated/α-hetero) is 1. The molecule has 0 spiro atoms. The first kappa shape index (κ1) is 14.4. The number of halogens is 1. The van der Waals surface area contributed by atoms with E-state index in [1.165, 1.54) is 6.42 Å². The van der Waals surface area contributed by atoms with Crippen LogP contribution in [-0.2, 0) is 4.74 Å². The second-order valence-electron chi connectivity index (χ2n) is 4.80. The lowest BCUT2D eigenvalue weighted by Gasteiger charge is -2.22. The molecule has 1 aliphatic rings. The number of methoxy groups -OCH3 is 1. The summed E-state index contributed by atoms with van der Waals surface area (Å²) in [7, 11) is 1.55. The van der Waals surface area contributed by atoms with Crippen LogP contribution in [0.3, 0.4) is 0 Å². The highest BCUT2D eigenvalue weighted by Gasteiger charge is 2.16. The Balaban J connectivity index is 1.92. The van der Waals surface area contributed by atoms with E-state index in [2.05, 4.69) is 0 Å². The monoisotopic (exact) mass is 282 g/mol. The van der Waals surface area contributed by atoms with Gasteiger partial charge in [-0.2, -0.15) is 0 Å². The lowest BCUT2D eigenvalue weighted by Crippen LogP contribution is -2.20. The van der Waals surface area contributed by atoms with Gasteiger partial charge in [-0.15, -0.1) is 0 Å². The summed E-state index contributed by atoms with van der Waals surface area (Å²) in [6, 6.07) is 5.14. The molecule has 1 fully saturated rings. The number of ketones is 1. The van der Waals surface area contributed by atoms with Crippen molar-refractivity contribution in [1.29, 1.82) is 0 Å². The highest BCUT2D eigenvalue weighted by atomic mass is 35.5. The average Bonchev–Trinajstić information content (AvgIpc) is 2.46. The molecule has 3 nitrogen and oxygen atoms in total. The minimum Gasteiger partial charge on any atom is -0.495 e. The molecule has 1 unspecified atom stereocenters. The fourth-order valence-electron chi connectivity index (χ4n) is 2.30. The van der Waals surface area contributed by atoms with Gasteiger partial charge in [0.1, 0.15) is 5.75 Å². The topological polar surface area (TPSA) is 35.5 Å². The third-order valence-electron chi connectivity index (χ3n) is 3.44. The van der Waals surface area contributed by atoms with Crippen LogP contribution in [0.15, 0.2) is 18.2 Å². The van der Waals surface area contributed by atoms with Crippen LogP contribution in [0.1, 0.15) is 42.5 Å². The normalized spacial score (nSPS) is 19.2. The molecule has 104 valence electrons. The van der Waals surface area contributed by atoms with Gasteiger partial charge in [0.2, 0.25) is 0 Å². The van der Waals surface area contributed by atoms with E-state index in [1.807, 2.05) is 0 Å². The maximum absolute atomic E-state index is 12.1. The lowest BCUT2D eigenvalue weighted by atomic mass is 10.0. The molecule has 1 aromatic rings. The third-order valence-corrected chi connectivity index (χ3v) is 3.75. The van der Waals surface area contributed by atoms with Crippen LogP contribution in [0.25, 0.3) is 0 Å². The van der Waals surface area contributed by atoms with Crippen LogP contribution in [0.5, 0.6) is 5.75 Å². The maximum Gasteiger partial charge on any atom is 0.163 e. The third kappa shape index (κ3) is 3.95. The van der Waals surface area contributed by atoms with E-state index < -0.39 is 0 Å². The summed E-state index contributed by atoms with van der Waals surface area (Å²) in [5, 5.41) is 0.523. The quantitative estimate of drug-likeness (QED) is 0.769. The average molecular weight is 283 g/mol. The molecular weight excluding hydrogens is 264 g/mol. The van der Waals surface area contributed by atoms with Crippen molar-refractivity contribution in [3.63, 3.8) is 0 Å². The van der Waals surface area contributed by atoms with E-state index in [0.29, 0.717) is 22.8 Å². The molecule has 0 radical (unpaired) electrons. The number of ether oxygens (including phenoxy) is 2. The number of carbonyl (C=O) groups excluding carboxylic acids is 1. The summed E-state index contributed by atoms with van der Waals surface area (Å²) in [5.41, 5.74) is 0.650. The molecular formula is C15H19ClO3. The summed E-state index contributed by atoms with van der Waals surface area (Å²) >= 11 is 5.94. The van der Waals surface area contributed by atoms with Crippen molar-refractivity contribution in [2.75, 3.05) is 13.7 Å². The Bertz CT molecular complexity index is 439. The van der Waals surface area contributed by atoms with Crippen molar-refractivity contribution >= 4 is 17.4 Å². The molecule has 0 saturated carbocycles. The number of hydrogen-bond acceptors (Lipinski definition) is 3. The van der Waals surface area contributed by atoms with Gasteiger partial charge in [-0.25, -0.2) is 0 Å². The summed E-state index contributed by atoms with van der Waals surface area (Å²) in [6.07, 6.45) is 4.95. The molecule has 1 atom stereocenters. The molecule has 4 heteroatoms. The first-order valence-electron chi connectivity index (χ1n) is 6.69. The molecule has 1 aromatic carbocycles. The van der Waals surface area contributed by atoms with Crippen LogP contribution < -0.4 is 4.74 Å². The lowest BCUT2D eigenvalue weighted by molar-refractivity contribution is 0.0104. The highest BCUT2D eigenvalue weighted by molar-refractivity contribution is 6.32. The summed E-state index contributed by atoms with van der Waals surface area (Å²) in [6.45, 7) is 0.827. The predicted molar refractivity (Wildman–Crippen MR) is 75.2 cm³/mol. The molecule has 0 aromatic heterocycles. The van der Waals surface area contributed by atoms with E-state index in [9.17, 15) is 4.79 Å². The first-order chi connectivity index (χ1) is 9.20. The zero-order chi connectivity index (χ0) is 13.7. The number of carbonyl (C=O) groups is 1. The van der Waals surface area contributed by atoms with Gasteiger partial charge >= 0.3 is 0 Å². The van der Waals surface area contributed by atoms with Gasteiger partial charge in [0.05, 0.1) is 18.2 Å². The van der Waals surface area contributed by atoms with E-state index in [0.717, 1.165) is 25.9 Å². The highest BCUT2D eigenvalue weighted by Crippen LogP contribution is 2.26. The first-order valence-corrected chi connectivity index (χ1v) is 7.07. The predicted octanol–water partition coefficient (Wildman–Crippen LogP) is 3.88. The maximum atomic E-state index is 12.1. The smallest absolute Gasteiger partial charge is 0.163 e. The Hall–Kier alpha value is -1.06. The Labute approximate surface area is 118 Å². The Morgan fingerprint density at radius 2 is 2.32 bits per heavy atom. The van der Waals surface area contributed by atoms with Gasteiger partial charge in [0, 0.05) is 18.6 Å². The molecule has 1 aliphatic heterocycles. The van der Waals surface area contributed by atoms with Gasteiger partial charge in [0.15, 0.2) is 5.78 Å². The van der Waals surface area contributed by atoms with Crippen LogP contribution in [0.2, 0.25) is 5.02 Å². The van der Waals surface area contributed by atoms with Gasteiger partial charge in [-0.3, -0.25) is 4.79 Å².